The van der Waals surface area contributed by atoms with Crippen molar-refractivity contribution in [3.05, 3.63) is 63.5 Å². The summed E-state index contributed by atoms with van der Waals surface area (Å²) in [7, 11) is 0. The third-order valence-corrected chi connectivity index (χ3v) is 3.84. The summed E-state index contributed by atoms with van der Waals surface area (Å²) < 4.78 is 0. The number of nitrogens with one attached hydrogen (secondary N) is 1. The second-order valence-corrected chi connectivity index (χ2v) is 5.78. The molecule has 0 amide bonds. The van der Waals surface area contributed by atoms with E-state index in [9.17, 15) is 14.7 Å². The Hall–Kier alpha value is -2.37. The standard InChI is InChI=1S/C16H10Cl2N2O3/c17-8-1-3-10-11(6-14(21)22)15(20-13(10)5-8)16(23)12-4-2-9(18)7-19-12/h1-5,7,20H,6H2,(H,21,22)/p-1. The van der Waals surface area contributed by atoms with Gasteiger partial charge in [0.15, 0.2) is 0 Å². The van der Waals surface area contributed by atoms with Crippen molar-refractivity contribution in [2.75, 3.05) is 0 Å². The van der Waals surface area contributed by atoms with E-state index in [0.717, 1.165) is 0 Å². The van der Waals surface area contributed by atoms with Crippen LogP contribution in [0.4, 0.5) is 0 Å². The lowest BCUT2D eigenvalue weighted by Gasteiger charge is -2.05. The van der Waals surface area contributed by atoms with Gasteiger partial charge in [-0.05, 0) is 29.8 Å². The van der Waals surface area contributed by atoms with E-state index < -0.39 is 18.2 Å². The second-order valence-electron chi connectivity index (χ2n) is 4.91. The van der Waals surface area contributed by atoms with Crippen LogP contribution in [0.3, 0.4) is 0 Å². The van der Waals surface area contributed by atoms with Crippen LogP contribution in [-0.2, 0) is 11.2 Å². The highest BCUT2D eigenvalue weighted by atomic mass is 35.5. The molecule has 2 aromatic heterocycles. The van der Waals surface area contributed by atoms with Gasteiger partial charge in [0.25, 0.3) is 0 Å². The number of rotatable bonds is 4. The molecule has 1 aromatic carbocycles. The Morgan fingerprint density at radius 3 is 2.52 bits per heavy atom. The highest BCUT2D eigenvalue weighted by molar-refractivity contribution is 6.31. The Kier molecular flexibility index (Phi) is 4.07. The van der Waals surface area contributed by atoms with E-state index in [2.05, 4.69) is 9.97 Å². The summed E-state index contributed by atoms with van der Waals surface area (Å²) in [5.41, 5.74) is 1.23. The minimum absolute atomic E-state index is 0.154. The van der Waals surface area contributed by atoms with E-state index in [1.807, 2.05) is 0 Å². The van der Waals surface area contributed by atoms with Crippen LogP contribution in [0.5, 0.6) is 0 Å². The van der Waals surface area contributed by atoms with Gasteiger partial charge in [-0.3, -0.25) is 9.78 Å². The Bertz CT molecular complexity index is 917. The quantitative estimate of drug-likeness (QED) is 0.734. The van der Waals surface area contributed by atoms with E-state index in [4.69, 9.17) is 23.2 Å². The van der Waals surface area contributed by atoms with Gasteiger partial charge in [0.1, 0.15) is 5.69 Å². The number of carbonyl (C=O) groups excluding carboxylic acids is 2. The molecular weight excluding hydrogens is 339 g/mol. The zero-order chi connectivity index (χ0) is 16.6. The fourth-order valence-electron chi connectivity index (χ4n) is 2.39. The first-order valence-electron chi connectivity index (χ1n) is 6.62. The first-order chi connectivity index (χ1) is 11.0. The molecular formula is C16H9Cl2N2O3-. The Balaban J connectivity index is 2.16. The maximum Gasteiger partial charge on any atom is 0.227 e. The predicted octanol–water partition coefficient (Wildman–Crippen LogP) is 2.39. The van der Waals surface area contributed by atoms with Crippen LogP contribution in [-0.4, -0.2) is 21.7 Å². The summed E-state index contributed by atoms with van der Waals surface area (Å²) >= 11 is 11.7. The number of benzene rings is 1. The molecule has 0 radical (unpaired) electrons. The molecule has 0 saturated heterocycles. The molecule has 0 aliphatic heterocycles. The molecule has 0 bridgehead atoms. The lowest BCUT2D eigenvalue weighted by Crippen LogP contribution is -2.25. The third-order valence-electron chi connectivity index (χ3n) is 3.38. The smallest absolute Gasteiger partial charge is 0.227 e. The summed E-state index contributed by atoms with van der Waals surface area (Å²) in [4.78, 5) is 30.6. The van der Waals surface area contributed by atoms with E-state index in [0.29, 0.717) is 26.5 Å². The van der Waals surface area contributed by atoms with Crippen LogP contribution in [0.25, 0.3) is 10.9 Å². The number of carbonyl (C=O) groups is 2. The number of aliphatic carboxylic acids is 1. The first kappa shape index (κ1) is 15.5. The number of hydrogen-bond donors (Lipinski definition) is 1. The van der Waals surface area contributed by atoms with Crippen LogP contribution in [0.1, 0.15) is 21.7 Å². The Labute approximate surface area is 140 Å². The summed E-state index contributed by atoms with van der Waals surface area (Å²) in [6.07, 6.45) is 0.961. The zero-order valence-electron chi connectivity index (χ0n) is 11.6. The van der Waals surface area contributed by atoms with Crippen LogP contribution >= 0.6 is 23.2 Å². The van der Waals surface area contributed by atoms with Gasteiger partial charge in [-0.25, -0.2) is 0 Å². The van der Waals surface area contributed by atoms with Crippen LogP contribution < -0.4 is 5.11 Å². The monoisotopic (exact) mass is 347 g/mol. The van der Waals surface area contributed by atoms with Crippen molar-refractivity contribution in [1.29, 1.82) is 0 Å². The Morgan fingerprint density at radius 1 is 1.13 bits per heavy atom. The number of halogens is 2. The summed E-state index contributed by atoms with van der Waals surface area (Å²) in [6, 6.07) is 7.94. The van der Waals surface area contributed by atoms with Crippen molar-refractivity contribution in [1.82, 2.24) is 9.97 Å². The van der Waals surface area contributed by atoms with Crippen LogP contribution in [0.15, 0.2) is 36.5 Å². The molecule has 0 spiro atoms. The largest absolute Gasteiger partial charge is 0.550 e. The lowest BCUT2D eigenvalue weighted by atomic mass is 10.0. The van der Waals surface area contributed by atoms with Crippen molar-refractivity contribution >= 4 is 45.9 Å². The van der Waals surface area contributed by atoms with E-state index in [1.54, 1.807) is 24.3 Å². The van der Waals surface area contributed by atoms with Crippen molar-refractivity contribution in [2.24, 2.45) is 0 Å². The molecule has 0 fully saturated rings. The number of ketones is 1. The molecule has 0 aliphatic carbocycles. The van der Waals surface area contributed by atoms with Crippen molar-refractivity contribution in [3.8, 4) is 0 Å². The lowest BCUT2D eigenvalue weighted by molar-refractivity contribution is -0.304. The molecule has 7 heteroatoms. The highest BCUT2D eigenvalue weighted by Crippen LogP contribution is 2.27. The summed E-state index contributed by atoms with van der Waals surface area (Å²) in [5.74, 6) is -1.70. The number of H-pyrrole nitrogens is 1. The normalized spacial score (nSPS) is 10.9. The highest BCUT2D eigenvalue weighted by Gasteiger charge is 2.20. The molecule has 3 rings (SSSR count). The van der Waals surface area contributed by atoms with Crippen LogP contribution in [0.2, 0.25) is 10.0 Å². The molecule has 5 nitrogen and oxygen atoms in total. The molecule has 2 heterocycles. The van der Waals surface area contributed by atoms with E-state index in [1.165, 1.54) is 12.3 Å². The average molecular weight is 348 g/mol. The number of pyridine rings is 1. The van der Waals surface area contributed by atoms with Gasteiger partial charge in [0.05, 0.1) is 10.7 Å². The van der Waals surface area contributed by atoms with Gasteiger partial charge >= 0.3 is 0 Å². The fourth-order valence-corrected chi connectivity index (χ4v) is 2.67. The average Bonchev–Trinajstić information content (AvgIpc) is 2.84. The van der Waals surface area contributed by atoms with E-state index >= 15 is 0 Å². The van der Waals surface area contributed by atoms with Gasteiger partial charge < -0.3 is 14.9 Å². The van der Waals surface area contributed by atoms with Gasteiger partial charge in [-0.1, -0.05) is 29.3 Å². The molecule has 0 atom stereocenters. The number of nitrogens with zero attached hydrogens (tertiary/aromatic N) is 1. The van der Waals surface area contributed by atoms with Gasteiger partial charge in [0.2, 0.25) is 5.78 Å². The number of aromatic nitrogens is 2. The maximum absolute atomic E-state index is 12.6. The number of hydrogen-bond acceptors (Lipinski definition) is 4. The molecule has 0 unspecified atom stereocenters. The predicted molar refractivity (Wildman–Crippen MR) is 84.7 cm³/mol. The van der Waals surface area contributed by atoms with Crippen molar-refractivity contribution in [3.63, 3.8) is 0 Å². The summed E-state index contributed by atoms with van der Waals surface area (Å²) in [6.45, 7) is 0. The van der Waals surface area contributed by atoms with Crippen LogP contribution in [0, 0.1) is 0 Å². The van der Waals surface area contributed by atoms with Gasteiger partial charge in [-0.2, -0.15) is 0 Å². The van der Waals surface area contributed by atoms with Gasteiger partial charge in [0, 0.05) is 34.5 Å². The molecule has 3 aromatic rings. The number of aromatic amines is 1. The van der Waals surface area contributed by atoms with Crippen molar-refractivity contribution in [2.45, 2.75) is 6.42 Å². The topological polar surface area (TPSA) is 85.9 Å². The molecule has 116 valence electrons. The zero-order valence-corrected chi connectivity index (χ0v) is 13.1. The second kappa shape index (κ2) is 6.02. The third kappa shape index (κ3) is 3.06. The van der Waals surface area contributed by atoms with Gasteiger partial charge in [-0.15, -0.1) is 0 Å². The van der Waals surface area contributed by atoms with Crippen molar-refractivity contribution < 1.29 is 14.7 Å². The van der Waals surface area contributed by atoms with E-state index in [-0.39, 0.29) is 11.4 Å². The minimum atomic E-state index is -1.28. The molecule has 23 heavy (non-hydrogen) atoms. The Morgan fingerprint density at radius 2 is 1.87 bits per heavy atom. The maximum atomic E-state index is 12.6. The molecule has 1 N–H and O–H groups in total. The summed E-state index contributed by atoms with van der Waals surface area (Å²) in [5, 5.41) is 12.5. The SMILES string of the molecule is O=C([O-])Cc1c(C(=O)c2ccc(Cl)cn2)[nH]c2cc(Cl)ccc12. The minimum Gasteiger partial charge on any atom is -0.550 e. The number of carboxylic acids is 1. The first-order valence-corrected chi connectivity index (χ1v) is 7.37. The fraction of sp³-hybridized carbons (Fsp3) is 0.0625. The molecule has 0 aliphatic rings. The number of carboxylic acid groups (broad SMARTS) is 1. The number of fused-ring (bicyclic) bond motifs is 1. The molecule has 0 saturated carbocycles.